The lowest BCUT2D eigenvalue weighted by molar-refractivity contribution is 1.18. The Morgan fingerprint density at radius 1 is 0.200 bits per heavy atom. The van der Waals surface area contributed by atoms with E-state index >= 15 is 0 Å². The highest BCUT2D eigenvalue weighted by molar-refractivity contribution is 6.09. The van der Waals surface area contributed by atoms with Crippen LogP contribution < -0.4 is 0 Å². The number of nitrogens with zero attached hydrogens (tertiary/aromatic N) is 2. The normalized spacial score (nSPS) is 11.0. The van der Waals surface area contributed by atoms with Gasteiger partial charge in [-0.25, -0.2) is 9.97 Å². The van der Waals surface area contributed by atoms with Crippen molar-refractivity contribution in [1.29, 1.82) is 0 Å². The molecule has 0 spiro atoms. The molecule has 282 valence electrons. The molecular weight excluding hydrogens is 725 g/mol. The van der Waals surface area contributed by atoms with E-state index < -0.39 is 0 Å². The Bertz CT molecular complexity index is 2980. The van der Waals surface area contributed by atoms with E-state index in [4.69, 9.17) is 9.97 Å². The van der Waals surface area contributed by atoms with Gasteiger partial charge in [0, 0.05) is 16.7 Å². The smallest absolute Gasteiger partial charge is 0.160 e. The molecule has 0 saturated heterocycles. The molecule has 2 nitrogen and oxygen atoms in total. The fourth-order valence-electron chi connectivity index (χ4n) is 8.40. The summed E-state index contributed by atoms with van der Waals surface area (Å²) in [6.45, 7) is 0. The van der Waals surface area contributed by atoms with Crippen molar-refractivity contribution in [2.24, 2.45) is 0 Å². The summed E-state index contributed by atoms with van der Waals surface area (Å²) in [6, 6.07) is 86.2. The molecule has 0 aliphatic carbocycles. The first-order valence-electron chi connectivity index (χ1n) is 20.4. The molecule has 0 fully saturated rings. The van der Waals surface area contributed by atoms with Gasteiger partial charge in [0.15, 0.2) is 5.82 Å². The Hall–Kier alpha value is -7.94. The van der Waals surface area contributed by atoms with Crippen LogP contribution in [0.15, 0.2) is 243 Å². The highest BCUT2D eigenvalue weighted by Gasteiger charge is 2.25. The maximum atomic E-state index is 5.29. The molecule has 0 bridgehead atoms. The molecule has 0 aliphatic rings. The molecule has 9 aromatic carbocycles. The van der Waals surface area contributed by atoms with Gasteiger partial charge in [-0.15, -0.1) is 0 Å². The van der Waals surface area contributed by atoms with Gasteiger partial charge in [0.1, 0.15) is 0 Å². The summed E-state index contributed by atoms with van der Waals surface area (Å²) in [5, 5.41) is 0. The van der Waals surface area contributed by atoms with E-state index in [-0.39, 0.29) is 0 Å². The second kappa shape index (κ2) is 16.5. The van der Waals surface area contributed by atoms with Crippen LogP contribution in [0.3, 0.4) is 0 Å². The van der Waals surface area contributed by atoms with Gasteiger partial charge >= 0.3 is 0 Å². The molecule has 0 saturated carbocycles. The van der Waals surface area contributed by atoms with Gasteiger partial charge in [0.05, 0.1) is 11.4 Å². The van der Waals surface area contributed by atoms with Crippen molar-refractivity contribution < 1.29 is 0 Å². The average molecular weight is 765 g/mol. The first-order chi connectivity index (χ1) is 29.8. The SMILES string of the molecule is c1ccc(-c2cc(-c3ccccc3-c3ccccc3-c3cc(-c4ccccc4)c(-c4ccccc4)c(-c4ccccc4)c3-c3ccccc3)nc(-c3ccccc3)n2)cc1. The lowest BCUT2D eigenvalue weighted by Crippen LogP contribution is -1.99. The monoisotopic (exact) mass is 764 g/mol. The van der Waals surface area contributed by atoms with Gasteiger partial charge in [-0.05, 0) is 78.9 Å². The third-order valence-corrected chi connectivity index (χ3v) is 11.1. The molecule has 10 rings (SSSR count). The van der Waals surface area contributed by atoms with Crippen molar-refractivity contribution in [2.75, 3.05) is 0 Å². The topological polar surface area (TPSA) is 25.8 Å². The summed E-state index contributed by atoms with van der Waals surface area (Å²) in [5.74, 6) is 0.693. The standard InChI is InChI=1S/C58H40N2/c1-7-23-41(24-8-1)51-39-52(56(44-29-13-4-14-30-44)57(45-31-15-5-16-32-45)55(51)43-27-11-3-12-28-43)49-37-20-19-35-47(49)48-36-21-22-38-50(48)54-40-53(42-25-9-2-10-26-42)59-58(60-54)46-33-17-6-18-34-46/h1-40H. The molecule has 0 radical (unpaired) electrons. The molecule has 0 N–H and O–H groups in total. The van der Waals surface area contributed by atoms with E-state index in [1.54, 1.807) is 0 Å². The van der Waals surface area contributed by atoms with Gasteiger partial charge in [-0.1, -0.05) is 231 Å². The zero-order chi connectivity index (χ0) is 40.1. The minimum atomic E-state index is 0.693. The van der Waals surface area contributed by atoms with Crippen LogP contribution >= 0.6 is 0 Å². The van der Waals surface area contributed by atoms with E-state index in [9.17, 15) is 0 Å². The maximum Gasteiger partial charge on any atom is 0.160 e. The molecular formula is C58H40N2. The number of aromatic nitrogens is 2. The molecule has 1 aromatic heterocycles. The number of rotatable bonds is 9. The summed E-state index contributed by atoms with van der Waals surface area (Å²) in [5.41, 5.74) is 18.7. The van der Waals surface area contributed by atoms with Crippen LogP contribution in [0.5, 0.6) is 0 Å². The fourth-order valence-corrected chi connectivity index (χ4v) is 8.40. The third kappa shape index (κ3) is 7.12. The van der Waals surface area contributed by atoms with Crippen LogP contribution in [-0.4, -0.2) is 9.97 Å². The number of hydrogen-bond donors (Lipinski definition) is 0. The molecule has 0 aliphatic heterocycles. The van der Waals surface area contributed by atoms with Gasteiger partial charge in [-0.3, -0.25) is 0 Å². The Balaban J connectivity index is 1.28. The number of benzene rings is 9. The second-order valence-corrected chi connectivity index (χ2v) is 14.8. The first-order valence-corrected chi connectivity index (χ1v) is 20.4. The predicted octanol–water partition coefficient (Wildman–Crippen LogP) is 15.5. The summed E-state index contributed by atoms with van der Waals surface area (Å²) in [6.07, 6.45) is 0. The van der Waals surface area contributed by atoms with Crippen molar-refractivity contribution in [3.63, 3.8) is 0 Å². The Morgan fingerprint density at radius 2 is 0.533 bits per heavy atom. The van der Waals surface area contributed by atoms with Gasteiger partial charge < -0.3 is 0 Å². The zero-order valence-electron chi connectivity index (χ0n) is 33.0. The van der Waals surface area contributed by atoms with Crippen molar-refractivity contribution in [3.05, 3.63) is 243 Å². The van der Waals surface area contributed by atoms with E-state index in [0.717, 1.165) is 67.0 Å². The largest absolute Gasteiger partial charge is 0.228 e. The van der Waals surface area contributed by atoms with E-state index in [0.29, 0.717) is 5.82 Å². The number of hydrogen-bond acceptors (Lipinski definition) is 2. The minimum Gasteiger partial charge on any atom is -0.228 e. The van der Waals surface area contributed by atoms with Crippen LogP contribution in [0.25, 0.3) is 101 Å². The molecule has 60 heavy (non-hydrogen) atoms. The summed E-state index contributed by atoms with van der Waals surface area (Å²) >= 11 is 0. The first kappa shape index (κ1) is 36.4. The Morgan fingerprint density at radius 3 is 1.03 bits per heavy atom. The van der Waals surface area contributed by atoms with Gasteiger partial charge in [0.2, 0.25) is 0 Å². The lowest BCUT2D eigenvalue weighted by atomic mass is 9.77. The molecule has 1 heterocycles. The van der Waals surface area contributed by atoms with E-state index in [2.05, 4.69) is 218 Å². The molecule has 0 unspecified atom stereocenters. The van der Waals surface area contributed by atoms with Gasteiger partial charge in [0.25, 0.3) is 0 Å². The van der Waals surface area contributed by atoms with Crippen LogP contribution in [0, 0.1) is 0 Å². The summed E-state index contributed by atoms with van der Waals surface area (Å²) in [7, 11) is 0. The van der Waals surface area contributed by atoms with E-state index in [1.807, 2.05) is 24.3 Å². The summed E-state index contributed by atoms with van der Waals surface area (Å²) in [4.78, 5) is 10.4. The fraction of sp³-hybridized carbons (Fsp3) is 0. The van der Waals surface area contributed by atoms with Crippen molar-refractivity contribution >= 4 is 0 Å². The molecule has 10 aromatic rings. The molecule has 0 amide bonds. The van der Waals surface area contributed by atoms with Crippen LogP contribution in [0.2, 0.25) is 0 Å². The minimum absolute atomic E-state index is 0.693. The highest BCUT2D eigenvalue weighted by atomic mass is 14.9. The Labute approximate surface area is 351 Å². The average Bonchev–Trinajstić information content (AvgIpc) is 3.35. The van der Waals surface area contributed by atoms with Crippen LogP contribution in [-0.2, 0) is 0 Å². The lowest BCUT2D eigenvalue weighted by Gasteiger charge is -2.25. The van der Waals surface area contributed by atoms with Crippen LogP contribution in [0.1, 0.15) is 0 Å². The van der Waals surface area contributed by atoms with Crippen molar-refractivity contribution in [2.45, 2.75) is 0 Å². The predicted molar refractivity (Wildman–Crippen MR) is 251 cm³/mol. The van der Waals surface area contributed by atoms with Crippen molar-refractivity contribution in [3.8, 4) is 101 Å². The molecule has 0 atom stereocenters. The second-order valence-electron chi connectivity index (χ2n) is 14.8. The quantitative estimate of drug-likeness (QED) is 0.146. The zero-order valence-corrected chi connectivity index (χ0v) is 33.0. The summed E-state index contributed by atoms with van der Waals surface area (Å²) < 4.78 is 0. The van der Waals surface area contributed by atoms with E-state index in [1.165, 1.54) is 27.8 Å². The van der Waals surface area contributed by atoms with Crippen molar-refractivity contribution in [1.82, 2.24) is 9.97 Å². The third-order valence-electron chi connectivity index (χ3n) is 11.1. The maximum absolute atomic E-state index is 5.29. The van der Waals surface area contributed by atoms with Crippen LogP contribution in [0.4, 0.5) is 0 Å². The highest BCUT2D eigenvalue weighted by Crippen LogP contribution is 2.52. The van der Waals surface area contributed by atoms with Gasteiger partial charge in [-0.2, -0.15) is 0 Å². The Kier molecular flexibility index (Phi) is 10.0. The molecule has 2 heteroatoms.